The number of nitrogens with one attached hydrogen (secondary N) is 1. The number of morpholine rings is 1. The van der Waals surface area contributed by atoms with Gasteiger partial charge < -0.3 is 4.74 Å². The van der Waals surface area contributed by atoms with Crippen LogP contribution in [-0.4, -0.2) is 58.0 Å². The lowest BCUT2D eigenvalue weighted by atomic mass is 10.1. The van der Waals surface area contributed by atoms with Crippen LogP contribution in [0.2, 0.25) is 0 Å². The van der Waals surface area contributed by atoms with Gasteiger partial charge in [-0.3, -0.25) is 4.90 Å². The van der Waals surface area contributed by atoms with Gasteiger partial charge in [0, 0.05) is 12.6 Å². The Bertz CT molecular complexity index is 345. The van der Waals surface area contributed by atoms with Gasteiger partial charge in [0.1, 0.15) is 0 Å². The van der Waals surface area contributed by atoms with Gasteiger partial charge in [-0.05, 0) is 39.3 Å². The molecule has 0 aromatic heterocycles. The number of rotatable bonds is 5. The first-order chi connectivity index (χ1) is 8.12. The molecule has 0 unspecified atom stereocenters. The Morgan fingerprint density at radius 3 is 3.00 bits per heavy atom. The van der Waals surface area contributed by atoms with Gasteiger partial charge >= 0.3 is 0 Å². The van der Waals surface area contributed by atoms with Gasteiger partial charge in [0.15, 0.2) is 0 Å². The van der Waals surface area contributed by atoms with E-state index in [1.54, 1.807) is 0 Å². The zero-order chi connectivity index (χ0) is 12.3. The van der Waals surface area contributed by atoms with Crippen molar-refractivity contribution >= 4 is 10.0 Å². The molecule has 1 saturated heterocycles. The van der Waals surface area contributed by atoms with Gasteiger partial charge in [-0.15, -0.1) is 0 Å². The monoisotopic (exact) mass is 262 g/mol. The SMILES string of the molecule is CNS(=O)(=O)CCCN1CCO[C@H]2CCC[C@@H]21. The largest absolute Gasteiger partial charge is 0.375 e. The lowest BCUT2D eigenvalue weighted by Crippen LogP contribution is -2.49. The Balaban J connectivity index is 1.78. The Hall–Kier alpha value is -0.170. The maximum absolute atomic E-state index is 11.3. The molecule has 2 atom stereocenters. The fourth-order valence-electron chi connectivity index (χ4n) is 2.84. The van der Waals surface area contributed by atoms with Crippen LogP contribution in [0.4, 0.5) is 0 Å². The predicted octanol–water partition coefficient (Wildman–Crippen LogP) is 0.179. The minimum Gasteiger partial charge on any atom is -0.375 e. The van der Waals surface area contributed by atoms with Crippen LogP contribution in [0.25, 0.3) is 0 Å². The minimum absolute atomic E-state index is 0.220. The van der Waals surface area contributed by atoms with E-state index in [0.717, 1.165) is 26.1 Å². The quantitative estimate of drug-likeness (QED) is 0.768. The van der Waals surface area contributed by atoms with Crippen molar-refractivity contribution in [3.8, 4) is 0 Å². The van der Waals surface area contributed by atoms with Crippen LogP contribution < -0.4 is 4.72 Å². The molecule has 2 fully saturated rings. The van der Waals surface area contributed by atoms with Gasteiger partial charge in [0.05, 0.1) is 18.5 Å². The molecular formula is C11H22N2O3S. The molecule has 0 aromatic carbocycles. The number of hydrogen-bond acceptors (Lipinski definition) is 4. The first-order valence-electron chi connectivity index (χ1n) is 6.39. The Kier molecular flexibility index (Phi) is 4.41. The number of fused-ring (bicyclic) bond motifs is 1. The number of hydrogen-bond donors (Lipinski definition) is 1. The highest BCUT2D eigenvalue weighted by molar-refractivity contribution is 7.89. The topological polar surface area (TPSA) is 58.6 Å². The van der Waals surface area contributed by atoms with E-state index < -0.39 is 10.0 Å². The predicted molar refractivity (Wildman–Crippen MR) is 66.4 cm³/mol. The van der Waals surface area contributed by atoms with Gasteiger partial charge in [-0.1, -0.05) is 0 Å². The van der Waals surface area contributed by atoms with Crippen molar-refractivity contribution in [3.63, 3.8) is 0 Å². The number of nitrogens with zero attached hydrogens (tertiary/aromatic N) is 1. The molecule has 0 aromatic rings. The first kappa shape index (κ1) is 13.3. The molecule has 5 nitrogen and oxygen atoms in total. The second-order valence-corrected chi connectivity index (χ2v) is 6.87. The average Bonchev–Trinajstić information content (AvgIpc) is 2.78. The minimum atomic E-state index is -3.05. The second kappa shape index (κ2) is 5.65. The summed E-state index contributed by atoms with van der Waals surface area (Å²) in [7, 11) is -1.58. The van der Waals surface area contributed by atoms with Crippen LogP contribution in [0, 0.1) is 0 Å². The van der Waals surface area contributed by atoms with E-state index in [0.29, 0.717) is 18.6 Å². The molecule has 17 heavy (non-hydrogen) atoms. The van der Waals surface area contributed by atoms with Crippen LogP contribution in [0.3, 0.4) is 0 Å². The summed E-state index contributed by atoms with van der Waals surface area (Å²) in [6, 6.07) is 0.529. The van der Waals surface area contributed by atoms with E-state index in [-0.39, 0.29) is 5.75 Å². The molecule has 1 aliphatic heterocycles. The summed E-state index contributed by atoms with van der Waals surface area (Å²) in [5.41, 5.74) is 0. The van der Waals surface area contributed by atoms with Gasteiger partial charge in [0.2, 0.25) is 10.0 Å². The van der Waals surface area contributed by atoms with E-state index in [1.807, 2.05) is 0 Å². The summed E-state index contributed by atoms with van der Waals surface area (Å²) in [6.07, 6.45) is 4.69. The van der Waals surface area contributed by atoms with E-state index >= 15 is 0 Å². The molecule has 0 amide bonds. The summed E-state index contributed by atoms with van der Waals surface area (Å²) in [5, 5.41) is 0. The molecular weight excluding hydrogens is 240 g/mol. The smallest absolute Gasteiger partial charge is 0.211 e. The second-order valence-electron chi connectivity index (χ2n) is 4.82. The highest BCUT2D eigenvalue weighted by Crippen LogP contribution is 2.29. The molecule has 2 rings (SSSR count). The Morgan fingerprint density at radius 1 is 1.41 bits per heavy atom. The lowest BCUT2D eigenvalue weighted by molar-refractivity contribution is -0.0552. The first-order valence-corrected chi connectivity index (χ1v) is 8.04. The van der Waals surface area contributed by atoms with Crippen LogP contribution in [-0.2, 0) is 14.8 Å². The zero-order valence-corrected chi connectivity index (χ0v) is 11.2. The zero-order valence-electron chi connectivity index (χ0n) is 10.4. The fraction of sp³-hybridized carbons (Fsp3) is 1.00. The molecule has 100 valence electrons. The fourth-order valence-corrected chi connectivity index (χ4v) is 3.56. The molecule has 0 radical (unpaired) electrons. The summed E-state index contributed by atoms with van der Waals surface area (Å²) in [4.78, 5) is 2.41. The van der Waals surface area contributed by atoms with E-state index in [4.69, 9.17) is 4.74 Å². The normalized spacial score (nSPS) is 30.4. The highest BCUT2D eigenvalue weighted by Gasteiger charge is 2.35. The van der Waals surface area contributed by atoms with Gasteiger partial charge in [-0.2, -0.15) is 0 Å². The lowest BCUT2D eigenvalue weighted by Gasteiger charge is -2.37. The van der Waals surface area contributed by atoms with Crippen molar-refractivity contribution in [2.75, 3.05) is 32.5 Å². The van der Waals surface area contributed by atoms with Gasteiger partial charge in [-0.25, -0.2) is 13.1 Å². The van der Waals surface area contributed by atoms with Crippen LogP contribution in [0.5, 0.6) is 0 Å². The van der Waals surface area contributed by atoms with Crippen molar-refractivity contribution in [1.29, 1.82) is 0 Å². The maximum Gasteiger partial charge on any atom is 0.211 e. The highest BCUT2D eigenvalue weighted by atomic mass is 32.2. The molecule has 0 bridgehead atoms. The number of sulfonamides is 1. The molecule has 0 spiro atoms. The van der Waals surface area contributed by atoms with E-state index in [9.17, 15) is 8.42 Å². The van der Waals surface area contributed by atoms with Crippen molar-refractivity contribution in [1.82, 2.24) is 9.62 Å². The molecule has 1 saturated carbocycles. The van der Waals surface area contributed by atoms with E-state index in [2.05, 4.69) is 9.62 Å². The van der Waals surface area contributed by atoms with Gasteiger partial charge in [0.25, 0.3) is 0 Å². The molecule has 1 N–H and O–H groups in total. The summed E-state index contributed by atoms with van der Waals surface area (Å²) >= 11 is 0. The summed E-state index contributed by atoms with van der Waals surface area (Å²) in [5.74, 6) is 0.220. The summed E-state index contributed by atoms with van der Waals surface area (Å²) in [6.45, 7) is 2.60. The maximum atomic E-state index is 11.3. The summed E-state index contributed by atoms with van der Waals surface area (Å²) < 4.78 is 30.7. The van der Waals surface area contributed by atoms with Crippen molar-refractivity contribution in [3.05, 3.63) is 0 Å². The van der Waals surface area contributed by atoms with Crippen molar-refractivity contribution < 1.29 is 13.2 Å². The third-order valence-corrected chi connectivity index (χ3v) is 5.21. The average molecular weight is 262 g/mol. The van der Waals surface area contributed by atoms with E-state index in [1.165, 1.54) is 19.9 Å². The number of ether oxygens (including phenoxy) is 1. The Labute approximate surface area is 104 Å². The van der Waals surface area contributed by atoms with Crippen LogP contribution >= 0.6 is 0 Å². The third-order valence-electron chi connectivity index (χ3n) is 3.77. The third kappa shape index (κ3) is 3.40. The standard InChI is InChI=1S/C11H22N2O3S/c1-12-17(14,15)9-3-6-13-7-8-16-11-5-2-4-10(11)13/h10-12H,2-9H2,1H3/t10-,11-/m0/s1. The molecule has 1 heterocycles. The van der Waals surface area contributed by atoms with Crippen molar-refractivity contribution in [2.24, 2.45) is 0 Å². The van der Waals surface area contributed by atoms with Crippen LogP contribution in [0.15, 0.2) is 0 Å². The molecule has 6 heteroatoms. The molecule has 1 aliphatic carbocycles. The Morgan fingerprint density at radius 2 is 2.24 bits per heavy atom. The molecule has 2 aliphatic rings. The van der Waals surface area contributed by atoms with Crippen LogP contribution in [0.1, 0.15) is 25.7 Å². The van der Waals surface area contributed by atoms with Crippen molar-refractivity contribution in [2.45, 2.75) is 37.8 Å².